The molecule has 1 aromatic rings. The Morgan fingerprint density at radius 3 is 1.87 bits per heavy atom. The highest BCUT2D eigenvalue weighted by Crippen LogP contribution is 2.03. The number of hydrogen-bond donors (Lipinski definition) is 4. The first kappa shape index (κ1) is 13.6. The van der Waals surface area contributed by atoms with Crippen LogP contribution in [-0.2, 0) is 0 Å². The number of para-hydroxylation sites is 1. The zero-order chi connectivity index (χ0) is 11.7. The molecule has 1 aromatic carbocycles. The lowest BCUT2D eigenvalue weighted by Crippen LogP contribution is -2.24. The van der Waals surface area contributed by atoms with Crippen molar-refractivity contribution in [1.82, 2.24) is 5.32 Å². The maximum Gasteiger partial charge on any atom is 0.168 e. The Kier molecular flexibility index (Phi) is 7.21. The molecule has 6 N–H and O–H groups in total. The summed E-state index contributed by atoms with van der Waals surface area (Å²) in [5.74, 6) is 0. The normalized spacial score (nSPS) is 8.07. The summed E-state index contributed by atoms with van der Waals surface area (Å²) in [5.41, 5.74) is 11.1. The van der Waals surface area contributed by atoms with Gasteiger partial charge in [0.05, 0.1) is 0 Å². The van der Waals surface area contributed by atoms with Crippen molar-refractivity contribution in [2.75, 3.05) is 12.4 Å². The summed E-state index contributed by atoms with van der Waals surface area (Å²) >= 11 is 9.01. The highest BCUT2D eigenvalue weighted by atomic mass is 32.1. The molecule has 0 aliphatic carbocycles. The Hall–Kier alpha value is -1.40. The Morgan fingerprint density at radius 1 is 1.07 bits per heavy atom. The standard InChI is InChI=1S/C7H8N2S.C2H6N2S/c8-7(10)9-6-4-2-1-3-5-6;1-4-2(3)5/h1-5H,(H3,8,9,10);1H3,(H3,3,4,5). The molecular weight excluding hydrogens is 228 g/mol. The number of rotatable bonds is 1. The molecule has 82 valence electrons. The Morgan fingerprint density at radius 2 is 1.53 bits per heavy atom. The molecule has 0 spiro atoms. The van der Waals surface area contributed by atoms with Gasteiger partial charge in [0.15, 0.2) is 10.2 Å². The van der Waals surface area contributed by atoms with E-state index in [0.29, 0.717) is 10.2 Å². The molecular formula is C9H14N4S2. The lowest BCUT2D eigenvalue weighted by atomic mass is 10.3. The molecule has 0 radical (unpaired) electrons. The van der Waals surface area contributed by atoms with Crippen LogP contribution in [0.5, 0.6) is 0 Å². The van der Waals surface area contributed by atoms with Crippen molar-refractivity contribution >= 4 is 40.3 Å². The van der Waals surface area contributed by atoms with Crippen molar-refractivity contribution < 1.29 is 0 Å². The van der Waals surface area contributed by atoms with Crippen molar-refractivity contribution in [1.29, 1.82) is 0 Å². The first-order valence-corrected chi connectivity index (χ1v) is 4.96. The van der Waals surface area contributed by atoms with Crippen LogP contribution in [0.25, 0.3) is 0 Å². The van der Waals surface area contributed by atoms with Gasteiger partial charge in [-0.2, -0.15) is 0 Å². The van der Waals surface area contributed by atoms with E-state index < -0.39 is 0 Å². The third-order valence-electron chi connectivity index (χ3n) is 1.29. The van der Waals surface area contributed by atoms with Crippen molar-refractivity contribution in [2.24, 2.45) is 11.5 Å². The molecule has 0 saturated carbocycles. The van der Waals surface area contributed by atoms with E-state index in [9.17, 15) is 0 Å². The van der Waals surface area contributed by atoms with Gasteiger partial charge in [-0.3, -0.25) is 0 Å². The number of anilines is 1. The second kappa shape index (κ2) is 7.95. The molecule has 0 aliphatic heterocycles. The third kappa shape index (κ3) is 8.92. The van der Waals surface area contributed by atoms with Gasteiger partial charge in [-0.25, -0.2) is 0 Å². The lowest BCUT2D eigenvalue weighted by molar-refractivity contribution is 1.18. The van der Waals surface area contributed by atoms with Crippen LogP contribution in [-0.4, -0.2) is 17.3 Å². The number of hydrogen-bond acceptors (Lipinski definition) is 2. The predicted molar refractivity (Wildman–Crippen MR) is 72.7 cm³/mol. The van der Waals surface area contributed by atoms with E-state index in [1.807, 2.05) is 30.3 Å². The van der Waals surface area contributed by atoms with E-state index in [2.05, 4.69) is 35.1 Å². The maximum atomic E-state index is 5.24. The summed E-state index contributed by atoms with van der Waals surface area (Å²) in [6, 6.07) is 9.57. The van der Waals surface area contributed by atoms with Gasteiger partial charge in [0.1, 0.15) is 0 Å². The quantitative estimate of drug-likeness (QED) is 0.546. The van der Waals surface area contributed by atoms with Crippen LogP contribution in [0.3, 0.4) is 0 Å². The lowest BCUT2D eigenvalue weighted by Gasteiger charge is -2.00. The first-order valence-electron chi connectivity index (χ1n) is 4.15. The molecule has 0 bridgehead atoms. The second-order valence-electron chi connectivity index (χ2n) is 2.47. The molecule has 0 amide bonds. The fraction of sp³-hybridized carbons (Fsp3) is 0.111. The fourth-order valence-corrected chi connectivity index (χ4v) is 0.782. The van der Waals surface area contributed by atoms with Crippen LogP contribution in [0, 0.1) is 0 Å². The van der Waals surface area contributed by atoms with Crippen LogP contribution in [0.4, 0.5) is 5.69 Å². The zero-order valence-electron chi connectivity index (χ0n) is 8.36. The number of nitrogens with two attached hydrogens (primary N) is 2. The summed E-state index contributed by atoms with van der Waals surface area (Å²) < 4.78 is 0. The van der Waals surface area contributed by atoms with Crippen molar-refractivity contribution in [3.63, 3.8) is 0 Å². The van der Waals surface area contributed by atoms with Gasteiger partial charge in [0.25, 0.3) is 0 Å². The molecule has 0 saturated heterocycles. The van der Waals surface area contributed by atoms with Gasteiger partial charge in [0.2, 0.25) is 0 Å². The smallest absolute Gasteiger partial charge is 0.168 e. The van der Waals surface area contributed by atoms with Gasteiger partial charge >= 0.3 is 0 Å². The Bertz CT molecular complexity index is 313. The van der Waals surface area contributed by atoms with E-state index in [-0.39, 0.29) is 0 Å². The second-order valence-corrected chi connectivity index (χ2v) is 3.35. The van der Waals surface area contributed by atoms with Gasteiger partial charge in [0, 0.05) is 12.7 Å². The van der Waals surface area contributed by atoms with Gasteiger partial charge in [-0.05, 0) is 36.6 Å². The minimum Gasteiger partial charge on any atom is -0.376 e. The largest absolute Gasteiger partial charge is 0.376 e. The van der Waals surface area contributed by atoms with Crippen molar-refractivity contribution in [3.05, 3.63) is 30.3 Å². The first-order chi connectivity index (χ1) is 7.06. The van der Waals surface area contributed by atoms with E-state index in [4.69, 9.17) is 11.5 Å². The Labute approximate surface area is 100 Å². The van der Waals surface area contributed by atoms with Crippen LogP contribution >= 0.6 is 24.4 Å². The molecule has 0 aromatic heterocycles. The molecule has 1 rings (SSSR count). The van der Waals surface area contributed by atoms with Crippen molar-refractivity contribution in [3.8, 4) is 0 Å². The molecule has 0 atom stereocenters. The van der Waals surface area contributed by atoms with Crippen molar-refractivity contribution in [2.45, 2.75) is 0 Å². The molecule has 4 nitrogen and oxygen atoms in total. The van der Waals surface area contributed by atoms with Gasteiger partial charge in [-0.1, -0.05) is 18.2 Å². The van der Waals surface area contributed by atoms with Crippen LogP contribution in [0.15, 0.2) is 30.3 Å². The highest BCUT2D eigenvalue weighted by Gasteiger charge is 1.87. The molecule has 0 unspecified atom stereocenters. The average Bonchev–Trinajstić information content (AvgIpc) is 2.19. The van der Waals surface area contributed by atoms with E-state index in [1.54, 1.807) is 7.05 Å². The number of nitrogens with one attached hydrogen (secondary N) is 2. The van der Waals surface area contributed by atoms with E-state index in [0.717, 1.165) is 5.69 Å². The molecule has 15 heavy (non-hydrogen) atoms. The molecule has 0 aliphatic rings. The average molecular weight is 242 g/mol. The van der Waals surface area contributed by atoms with Crippen LogP contribution < -0.4 is 22.1 Å². The highest BCUT2D eigenvalue weighted by molar-refractivity contribution is 7.80. The zero-order valence-corrected chi connectivity index (χ0v) is 9.99. The van der Waals surface area contributed by atoms with Crippen LogP contribution in [0.2, 0.25) is 0 Å². The summed E-state index contributed by atoms with van der Waals surface area (Å²) in [4.78, 5) is 0. The molecule has 6 heteroatoms. The predicted octanol–water partition coefficient (Wildman–Crippen LogP) is 0.791. The Balaban J connectivity index is 0.000000336. The van der Waals surface area contributed by atoms with E-state index >= 15 is 0 Å². The fourth-order valence-electron chi connectivity index (χ4n) is 0.664. The molecule has 0 fully saturated rings. The topological polar surface area (TPSA) is 76.1 Å². The van der Waals surface area contributed by atoms with Gasteiger partial charge in [-0.15, -0.1) is 0 Å². The van der Waals surface area contributed by atoms with Gasteiger partial charge < -0.3 is 22.1 Å². The third-order valence-corrected chi connectivity index (χ3v) is 1.59. The molecule has 0 heterocycles. The summed E-state index contributed by atoms with van der Waals surface area (Å²) in [6.07, 6.45) is 0. The minimum absolute atomic E-state index is 0.297. The summed E-state index contributed by atoms with van der Waals surface area (Å²) in [5, 5.41) is 5.99. The maximum absolute atomic E-state index is 5.24. The summed E-state index contributed by atoms with van der Waals surface area (Å²) in [7, 11) is 1.68. The van der Waals surface area contributed by atoms with E-state index in [1.165, 1.54) is 0 Å². The summed E-state index contributed by atoms with van der Waals surface area (Å²) in [6.45, 7) is 0. The number of benzene rings is 1. The monoisotopic (exact) mass is 242 g/mol. The number of thiocarbonyl (C=S) groups is 2. The minimum atomic E-state index is 0.297. The SMILES string of the molecule is CNC(N)=S.NC(=S)Nc1ccccc1. The van der Waals surface area contributed by atoms with Crippen LogP contribution in [0.1, 0.15) is 0 Å².